The molecule has 0 bridgehead atoms. The number of ether oxygens (including phenoxy) is 1. The number of phosphoric acid groups is 1. The van der Waals surface area contributed by atoms with Gasteiger partial charge in [-0.2, -0.15) is 0 Å². The van der Waals surface area contributed by atoms with E-state index >= 15 is 0 Å². The van der Waals surface area contributed by atoms with Gasteiger partial charge in [-0.05, 0) is 0 Å². The molecule has 2 rings (SSSR count). The zero-order valence-corrected chi connectivity index (χ0v) is 17.2. The van der Waals surface area contributed by atoms with Crippen LogP contribution < -0.4 is 80.2 Å². The summed E-state index contributed by atoms with van der Waals surface area (Å²) in [6.45, 7) is -0.808. The van der Waals surface area contributed by atoms with Crippen LogP contribution >= 0.6 is 7.82 Å². The van der Waals surface area contributed by atoms with Crippen LogP contribution in [0.4, 0.5) is 0 Å². The molecule has 23 heavy (non-hydrogen) atoms. The number of rotatable bonds is 4. The van der Waals surface area contributed by atoms with Crippen LogP contribution in [0.25, 0.3) is 0 Å². The van der Waals surface area contributed by atoms with E-state index in [-0.39, 0.29) is 59.1 Å². The van der Waals surface area contributed by atoms with Crippen LogP contribution in [0.2, 0.25) is 0 Å². The predicted octanol–water partition coefficient (Wildman–Crippen LogP) is -9.99. The molecular weight excluding hydrogens is 357 g/mol. The molecule has 0 spiro atoms. The van der Waals surface area contributed by atoms with Crippen LogP contribution in [0.1, 0.15) is 6.23 Å². The van der Waals surface area contributed by atoms with E-state index in [1.165, 1.54) is 0 Å². The zero-order valence-electron chi connectivity index (χ0n) is 12.3. The molecule has 1 aliphatic rings. The minimum absolute atomic E-state index is 0. The second kappa shape index (κ2) is 9.39. The Morgan fingerprint density at radius 2 is 1.91 bits per heavy atom. The number of H-pyrrole nitrogens is 1. The van der Waals surface area contributed by atoms with Crippen LogP contribution in [-0.4, -0.2) is 44.7 Å². The van der Waals surface area contributed by atoms with Crippen LogP contribution in [0.5, 0.6) is 0 Å². The molecule has 118 valence electrons. The molecule has 2 heterocycles. The smallest absolute Gasteiger partial charge is 0.790 e. The molecule has 1 aliphatic heterocycles. The first-order valence-electron chi connectivity index (χ1n) is 5.69. The molecule has 1 aromatic heterocycles. The van der Waals surface area contributed by atoms with E-state index in [1.54, 1.807) is 0 Å². The zero-order chi connectivity index (χ0) is 15.8. The number of aliphatic hydroxyl groups is 2. The fraction of sp³-hybridized carbons (Fsp3) is 0.556. The summed E-state index contributed by atoms with van der Waals surface area (Å²) in [6, 6.07) is 0.997. The summed E-state index contributed by atoms with van der Waals surface area (Å²) in [7, 11) is -5.26. The summed E-state index contributed by atoms with van der Waals surface area (Å²) in [5.41, 5.74) is -1.55. The molecule has 0 amide bonds. The largest absolute Gasteiger partial charge is 1.00 e. The molecule has 14 heteroatoms. The summed E-state index contributed by atoms with van der Waals surface area (Å²) in [4.78, 5) is 45.2. The standard InChI is InChI=1S/C9H13N2O9P.2Na/c12-5-1-2-11(9(15)10-5)8-7(14)6(13)4(20-8)3-19-21(16,17)18;;/h1-2,4,6-8,13-14H,3H2,(H,10,12,15)(H2,16,17,18);;/q;2*+1/p-2/t4-,6-,7-,8?;;/m1../s1. The number of phosphoric ester groups is 1. The Kier molecular flexibility index (Phi) is 9.66. The van der Waals surface area contributed by atoms with Crippen molar-refractivity contribution in [3.05, 3.63) is 33.1 Å². The molecular formula is C9H11N2Na2O9P. The molecule has 0 radical (unpaired) electrons. The van der Waals surface area contributed by atoms with Crippen molar-refractivity contribution >= 4 is 7.82 Å². The third-order valence-electron chi connectivity index (χ3n) is 2.86. The van der Waals surface area contributed by atoms with E-state index < -0.39 is 50.2 Å². The Bertz CT molecular complexity index is 673. The van der Waals surface area contributed by atoms with Gasteiger partial charge in [0.25, 0.3) is 5.56 Å². The minimum Gasteiger partial charge on any atom is -0.790 e. The van der Waals surface area contributed by atoms with Gasteiger partial charge in [0.1, 0.15) is 18.3 Å². The Hall–Kier alpha value is 0.670. The van der Waals surface area contributed by atoms with Gasteiger partial charge >= 0.3 is 64.8 Å². The van der Waals surface area contributed by atoms with Crippen molar-refractivity contribution in [1.82, 2.24) is 9.55 Å². The van der Waals surface area contributed by atoms with Crippen molar-refractivity contribution in [1.29, 1.82) is 0 Å². The normalized spacial score (nSPS) is 27.1. The molecule has 1 unspecified atom stereocenters. The fourth-order valence-electron chi connectivity index (χ4n) is 1.89. The molecule has 0 aromatic carbocycles. The topological polar surface area (TPSA) is 177 Å². The molecule has 1 fully saturated rings. The summed E-state index contributed by atoms with van der Waals surface area (Å²) >= 11 is 0. The van der Waals surface area contributed by atoms with Crippen LogP contribution in [0.15, 0.2) is 21.9 Å². The summed E-state index contributed by atoms with van der Waals surface area (Å²) in [5.74, 6) is 0. The Morgan fingerprint density at radius 1 is 1.30 bits per heavy atom. The predicted molar refractivity (Wildman–Crippen MR) is 60.8 cm³/mol. The van der Waals surface area contributed by atoms with Gasteiger partial charge in [0, 0.05) is 12.3 Å². The maximum Gasteiger partial charge on any atom is 1.00 e. The monoisotopic (exact) mass is 368 g/mol. The number of aliphatic hydroxyl groups excluding tert-OH is 2. The molecule has 1 aromatic rings. The van der Waals surface area contributed by atoms with Gasteiger partial charge in [-0.25, -0.2) is 4.79 Å². The molecule has 1 saturated heterocycles. The summed E-state index contributed by atoms with van der Waals surface area (Å²) in [5, 5.41) is 19.5. The van der Waals surface area contributed by atoms with Crippen LogP contribution in [-0.2, 0) is 13.8 Å². The Balaban J connectivity index is 0.00000242. The third kappa shape index (κ3) is 6.15. The molecule has 0 saturated carbocycles. The van der Waals surface area contributed by atoms with Crippen molar-refractivity contribution in [3.8, 4) is 0 Å². The van der Waals surface area contributed by atoms with Crippen molar-refractivity contribution in [2.45, 2.75) is 24.5 Å². The average Bonchev–Trinajstić information content (AvgIpc) is 2.64. The second-order valence-corrected chi connectivity index (χ2v) is 5.46. The van der Waals surface area contributed by atoms with Crippen molar-refractivity contribution in [2.75, 3.05) is 6.61 Å². The summed E-state index contributed by atoms with van der Waals surface area (Å²) in [6.07, 6.45) is -4.83. The van der Waals surface area contributed by atoms with Crippen molar-refractivity contribution in [2.24, 2.45) is 0 Å². The minimum atomic E-state index is -5.26. The number of aromatic amines is 1. The first-order chi connectivity index (χ1) is 9.69. The van der Waals surface area contributed by atoms with Crippen molar-refractivity contribution < 1.29 is 92.9 Å². The number of aromatic nitrogens is 2. The number of hydrogen-bond donors (Lipinski definition) is 3. The van der Waals surface area contributed by atoms with Gasteiger partial charge in [-0.1, -0.05) is 0 Å². The summed E-state index contributed by atoms with van der Waals surface area (Å²) < 4.78 is 20.3. The number of hydrogen-bond acceptors (Lipinski definition) is 9. The van der Waals surface area contributed by atoms with Gasteiger partial charge in [0.2, 0.25) is 0 Å². The SMILES string of the molecule is O=c1ccn(C2O[C@H](COP(=O)([O-])[O-])[C@@H](O)[C@H]2O)c(=O)[nH]1.[Na+].[Na+]. The number of nitrogens with zero attached hydrogens (tertiary/aromatic N) is 1. The molecule has 4 atom stereocenters. The maximum atomic E-state index is 11.6. The Morgan fingerprint density at radius 3 is 2.43 bits per heavy atom. The van der Waals surface area contributed by atoms with Gasteiger partial charge < -0.3 is 33.8 Å². The second-order valence-electron chi connectivity index (χ2n) is 4.31. The van der Waals surface area contributed by atoms with Gasteiger partial charge in [0.05, 0.1) is 14.4 Å². The van der Waals surface area contributed by atoms with Crippen LogP contribution in [0.3, 0.4) is 0 Å². The number of nitrogens with one attached hydrogen (secondary N) is 1. The third-order valence-corrected chi connectivity index (χ3v) is 3.32. The van der Waals surface area contributed by atoms with E-state index in [1.807, 2.05) is 4.98 Å². The first kappa shape index (κ1) is 23.7. The van der Waals surface area contributed by atoms with Gasteiger partial charge in [-0.3, -0.25) is 14.3 Å². The maximum absolute atomic E-state index is 11.6. The van der Waals surface area contributed by atoms with E-state index in [0.29, 0.717) is 0 Å². The van der Waals surface area contributed by atoms with E-state index in [2.05, 4.69) is 4.52 Å². The quantitative estimate of drug-likeness (QED) is 0.344. The van der Waals surface area contributed by atoms with E-state index in [9.17, 15) is 34.2 Å². The van der Waals surface area contributed by atoms with E-state index in [0.717, 1.165) is 16.8 Å². The molecule has 0 aliphatic carbocycles. The first-order valence-corrected chi connectivity index (χ1v) is 7.15. The van der Waals surface area contributed by atoms with Crippen LogP contribution in [0, 0.1) is 0 Å². The fourth-order valence-corrected chi connectivity index (χ4v) is 2.22. The van der Waals surface area contributed by atoms with Gasteiger partial charge in [-0.15, -0.1) is 0 Å². The Labute approximate surface area is 173 Å². The van der Waals surface area contributed by atoms with Crippen molar-refractivity contribution in [3.63, 3.8) is 0 Å². The molecule has 3 N–H and O–H groups in total. The van der Waals surface area contributed by atoms with Gasteiger partial charge in [0.15, 0.2) is 6.23 Å². The average molecular weight is 368 g/mol. The van der Waals surface area contributed by atoms with E-state index in [4.69, 9.17) is 4.74 Å². The molecule has 11 nitrogen and oxygen atoms in total.